The lowest BCUT2D eigenvalue weighted by molar-refractivity contribution is 0.301. The van der Waals surface area contributed by atoms with Crippen molar-refractivity contribution in [1.29, 1.82) is 0 Å². The van der Waals surface area contributed by atoms with E-state index in [2.05, 4.69) is 15.9 Å². The maximum absolute atomic E-state index is 13.2. The zero-order chi connectivity index (χ0) is 9.84. The Kier molecular flexibility index (Phi) is 4.00. The lowest BCUT2D eigenvalue weighted by atomic mass is 10.3. The van der Waals surface area contributed by atoms with Gasteiger partial charge in [-0.1, -0.05) is 34.5 Å². The Bertz CT molecular complexity index is 281. The molecule has 0 amide bonds. The molecule has 0 radical (unpaired) electrons. The largest absolute Gasteiger partial charge is 0.489 e. The second kappa shape index (κ2) is 4.82. The smallest absolute Gasteiger partial charge is 0.173 e. The Morgan fingerprint density at radius 1 is 1.54 bits per heavy atom. The van der Waals surface area contributed by atoms with Crippen molar-refractivity contribution in [2.24, 2.45) is 0 Å². The second-order valence-electron chi connectivity index (χ2n) is 2.55. The molecule has 0 saturated heterocycles. The Labute approximate surface area is 90.0 Å². The summed E-state index contributed by atoms with van der Waals surface area (Å²) in [4.78, 5) is 0. The molecule has 0 unspecified atom stereocenters. The van der Waals surface area contributed by atoms with Crippen molar-refractivity contribution >= 4 is 27.5 Å². The third-order valence-electron chi connectivity index (χ3n) is 1.41. The van der Waals surface area contributed by atoms with Gasteiger partial charge in [0.25, 0.3) is 0 Å². The maximum atomic E-state index is 13.2. The van der Waals surface area contributed by atoms with Crippen molar-refractivity contribution in [3.63, 3.8) is 0 Å². The zero-order valence-electron chi connectivity index (χ0n) is 7.11. The summed E-state index contributed by atoms with van der Waals surface area (Å²) in [7, 11) is 0. The van der Waals surface area contributed by atoms with E-state index in [9.17, 15) is 4.39 Å². The molecule has 0 aliphatic heterocycles. The van der Waals surface area contributed by atoms with Crippen molar-refractivity contribution in [3.05, 3.63) is 27.4 Å². The fourth-order valence-corrected chi connectivity index (χ4v) is 1.70. The Morgan fingerprint density at radius 3 is 2.77 bits per heavy atom. The first-order valence-corrected chi connectivity index (χ1v) is 5.09. The fourth-order valence-electron chi connectivity index (χ4n) is 0.871. The van der Waals surface area contributed by atoms with Gasteiger partial charge in [-0.15, -0.1) is 0 Å². The van der Waals surface area contributed by atoms with Crippen LogP contribution in [0.1, 0.15) is 13.3 Å². The molecule has 0 aliphatic carbocycles. The van der Waals surface area contributed by atoms with Crippen molar-refractivity contribution in [3.8, 4) is 5.75 Å². The summed E-state index contributed by atoms with van der Waals surface area (Å²) in [5, 5.41) is 0.292. The van der Waals surface area contributed by atoms with E-state index >= 15 is 0 Å². The van der Waals surface area contributed by atoms with E-state index in [-0.39, 0.29) is 5.75 Å². The molecule has 4 heteroatoms. The number of rotatable bonds is 3. The molecule has 0 bridgehead atoms. The molecule has 0 aromatic heterocycles. The summed E-state index contributed by atoms with van der Waals surface area (Å²) in [5.74, 6) is -0.306. The first-order valence-electron chi connectivity index (χ1n) is 3.92. The van der Waals surface area contributed by atoms with Crippen LogP contribution in [0.15, 0.2) is 16.6 Å². The predicted molar refractivity (Wildman–Crippen MR) is 54.9 cm³/mol. The molecule has 0 fully saturated rings. The van der Waals surface area contributed by atoms with Crippen LogP contribution in [0.3, 0.4) is 0 Å². The third-order valence-corrected chi connectivity index (χ3v) is 2.15. The van der Waals surface area contributed by atoms with Crippen LogP contribution in [0.25, 0.3) is 0 Å². The lowest BCUT2D eigenvalue weighted by Crippen LogP contribution is -1.98. The van der Waals surface area contributed by atoms with Gasteiger partial charge >= 0.3 is 0 Å². The van der Waals surface area contributed by atoms with Gasteiger partial charge in [0.1, 0.15) is 0 Å². The van der Waals surface area contributed by atoms with Crippen LogP contribution in [0, 0.1) is 5.82 Å². The van der Waals surface area contributed by atoms with E-state index in [4.69, 9.17) is 16.3 Å². The minimum Gasteiger partial charge on any atom is -0.489 e. The standard InChI is InChI=1S/C9H9BrClFO/c1-2-3-13-9-7(11)4-6(10)5-8(9)12/h4-5H,2-3H2,1H3. The molecule has 0 saturated carbocycles. The predicted octanol–water partition coefficient (Wildman–Crippen LogP) is 4.03. The summed E-state index contributed by atoms with van der Waals surface area (Å²) >= 11 is 8.91. The highest BCUT2D eigenvalue weighted by atomic mass is 79.9. The van der Waals surface area contributed by atoms with E-state index in [1.165, 1.54) is 6.07 Å². The van der Waals surface area contributed by atoms with Gasteiger partial charge in [0, 0.05) is 4.47 Å². The van der Waals surface area contributed by atoms with Gasteiger partial charge in [-0.3, -0.25) is 0 Å². The molecule has 1 aromatic carbocycles. The molecule has 1 rings (SSSR count). The van der Waals surface area contributed by atoms with Crippen LogP contribution in [-0.4, -0.2) is 6.61 Å². The topological polar surface area (TPSA) is 9.23 Å². The molecular formula is C9H9BrClFO. The zero-order valence-corrected chi connectivity index (χ0v) is 9.45. The fraction of sp³-hybridized carbons (Fsp3) is 0.333. The summed E-state index contributed by atoms with van der Waals surface area (Å²) < 4.78 is 18.9. The Hall–Kier alpha value is -0.280. The molecule has 1 aromatic rings. The molecule has 1 nitrogen and oxygen atoms in total. The Morgan fingerprint density at radius 2 is 2.23 bits per heavy atom. The summed E-state index contributed by atoms with van der Waals surface area (Å²) in [6.07, 6.45) is 0.825. The first-order chi connectivity index (χ1) is 6.15. The second-order valence-corrected chi connectivity index (χ2v) is 3.87. The molecule has 0 N–H and O–H groups in total. The average molecular weight is 268 g/mol. The molecule has 0 atom stereocenters. The van der Waals surface area contributed by atoms with Crippen LogP contribution < -0.4 is 4.74 Å². The number of hydrogen-bond acceptors (Lipinski definition) is 1. The summed E-state index contributed by atoms with van der Waals surface area (Å²) in [6, 6.07) is 2.94. The van der Waals surface area contributed by atoms with Crippen molar-refractivity contribution in [1.82, 2.24) is 0 Å². The normalized spacial score (nSPS) is 10.2. The van der Waals surface area contributed by atoms with Crippen LogP contribution in [0.4, 0.5) is 4.39 Å². The quantitative estimate of drug-likeness (QED) is 0.803. The number of ether oxygens (including phenoxy) is 1. The van der Waals surface area contributed by atoms with Crippen molar-refractivity contribution < 1.29 is 9.13 Å². The minimum atomic E-state index is -0.437. The number of hydrogen-bond donors (Lipinski definition) is 0. The van der Waals surface area contributed by atoms with Crippen LogP contribution in [0.5, 0.6) is 5.75 Å². The van der Waals surface area contributed by atoms with Crippen molar-refractivity contribution in [2.75, 3.05) is 6.61 Å². The van der Waals surface area contributed by atoms with Gasteiger partial charge in [0.2, 0.25) is 0 Å². The SMILES string of the molecule is CCCOc1c(F)cc(Br)cc1Cl. The van der Waals surface area contributed by atoms with Crippen LogP contribution in [-0.2, 0) is 0 Å². The highest BCUT2D eigenvalue weighted by Crippen LogP contribution is 2.31. The highest BCUT2D eigenvalue weighted by molar-refractivity contribution is 9.10. The third kappa shape index (κ3) is 2.85. The van der Waals surface area contributed by atoms with Gasteiger partial charge in [-0.2, -0.15) is 0 Å². The van der Waals surface area contributed by atoms with Gasteiger partial charge in [-0.25, -0.2) is 4.39 Å². The van der Waals surface area contributed by atoms with Crippen LogP contribution >= 0.6 is 27.5 Å². The molecule has 13 heavy (non-hydrogen) atoms. The maximum Gasteiger partial charge on any atom is 0.173 e. The van der Waals surface area contributed by atoms with Gasteiger partial charge in [0.15, 0.2) is 11.6 Å². The molecule has 0 spiro atoms. The average Bonchev–Trinajstić information content (AvgIpc) is 2.02. The van der Waals surface area contributed by atoms with E-state index < -0.39 is 5.82 Å². The van der Waals surface area contributed by atoms with Gasteiger partial charge < -0.3 is 4.74 Å². The van der Waals surface area contributed by atoms with E-state index in [0.29, 0.717) is 16.1 Å². The van der Waals surface area contributed by atoms with E-state index in [1.807, 2.05) is 6.92 Å². The van der Waals surface area contributed by atoms with Gasteiger partial charge in [-0.05, 0) is 18.6 Å². The van der Waals surface area contributed by atoms with Crippen molar-refractivity contribution in [2.45, 2.75) is 13.3 Å². The first kappa shape index (κ1) is 10.8. The van der Waals surface area contributed by atoms with E-state index in [1.54, 1.807) is 6.07 Å². The minimum absolute atomic E-state index is 0.131. The van der Waals surface area contributed by atoms with Gasteiger partial charge in [0.05, 0.1) is 11.6 Å². The molecular weight excluding hydrogens is 258 g/mol. The Balaban J connectivity index is 2.92. The monoisotopic (exact) mass is 266 g/mol. The summed E-state index contributed by atoms with van der Waals surface area (Å²) in [5.41, 5.74) is 0. The molecule has 0 aliphatic rings. The lowest BCUT2D eigenvalue weighted by Gasteiger charge is -2.07. The van der Waals surface area contributed by atoms with E-state index in [0.717, 1.165) is 6.42 Å². The number of benzene rings is 1. The summed E-state index contributed by atoms with van der Waals surface area (Å²) in [6.45, 7) is 2.42. The molecule has 0 heterocycles. The van der Waals surface area contributed by atoms with Crippen LogP contribution in [0.2, 0.25) is 5.02 Å². The highest BCUT2D eigenvalue weighted by Gasteiger charge is 2.09. The molecule has 72 valence electrons. The number of halogens is 3.